The maximum Gasteiger partial charge on any atom is 0.240 e. The molecule has 1 N–H and O–H groups in total. The van der Waals surface area contributed by atoms with Gasteiger partial charge in [-0.2, -0.15) is 0 Å². The van der Waals surface area contributed by atoms with E-state index in [2.05, 4.69) is 4.72 Å². The van der Waals surface area contributed by atoms with E-state index in [-0.39, 0.29) is 27.9 Å². The van der Waals surface area contributed by atoms with Gasteiger partial charge in [-0.05, 0) is 29.3 Å². The zero-order chi connectivity index (χ0) is 18.2. The largest absolute Gasteiger partial charge is 0.334 e. The smallest absolute Gasteiger partial charge is 0.240 e. The zero-order valence-electron chi connectivity index (χ0n) is 13.4. The van der Waals surface area contributed by atoms with Gasteiger partial charge in [-0.3, -0.25) is 4.79 Å². The standard InChI is InChI=1S/C17H16ClFN2O3S/c1-11(22)21-9-13-5-6-15(7-14(13)10-21)25(23,24)20-8-12-3-2-4-16(18)17(12)19/h2-7,20H,8-10H2,1H3. The summed E-state index contributed by atoms with van der Waals surface area (Å²) in [6.45, 7) is 2.14. The quantitative estimate of drug-likeness (QED) is 0.884. The molecule has 0 unspecified atom stereocenters. The van der Waals surface area contributed by atoms with Crippen molar-refractivity contribution in [3.05, 3.63) is 63.9 Å². The third-order valence-electron chi connectivity index (χ3n) is 4.14. The Bertz CT molecular complexity index is 947. The van der Waals surface area contributed by atoms with Gasteiger partial charge in [-0.25, -0.2) is 17.5 Å². The second-order valence-corrected chi connectivity index (χ2v) is 8.02. The number of rotatable bonds is 4. The van der Waals surface area contributed by atoms with E-state index < -0.39 is 15.8 Å². The summed E-state index contributed by atoms with van der Waals surface area (Å²) in [6.07, 6.45) is 0. The summed E-state index contributed by atoms with van der Waals surface area (Å²) >= 11 is 5.70. The number of amides is 1. The first-order valence-corrected chi connectivity index (χ1v) is 9.44. The summed E-state index contributed by atoms with van der Waals surface area (Å²) in [6, 6.07) is 9.16. The van der Waals surface area contributed by atoms with E-state index in [0.717, 1.165) is 11.1 Å². The van der Waals surface area contributed by atoms with E-state index in [1.165, 1.54) is 25.1 Å². The number of hydrogen-bond acceptors (Lipinski definition) is 3. The van der Waals surface area contributed by atoms with Gasteiger partial charge in [-0.15, -0.1) is 0 Å². The van der Waals surface area contributed by atoms with Crippen LogP contribution in [0.3, 0.4) is 0 Å². The van der Waals surface area contributed by atoms with Crippen molar-refractivity contribution >= 4 is 27.5 Å². The highest BCUT2D eigenvalue weighted by Gasteiger charge is 2.24. The Kier molecular flexibility index (Phi) is 4.81. The Hall–Kier alpha value is -1.96. The number of halogens is 2. The minimum Gasteiger partial charge on any atom is -0.334 e. The molecule has 0 fully saturated rings. The normalized spacial score (nSPS) is 13.8. The highest BCUT2D eigenvalue weighted by molar-refractivity contribution is 7.89. The number of carbonyl (C=O) groups excluding carboxylic acids is 1. The number of fused-ring (bicyclic) bond motifs is 1. The predicted octanol–water partition coefficient (Wildman–Crippen LogP) is 2.82. The summed E-state index contributed by atoms with van der Waals surface area (Å²) < 4.78 is 41.2. The lowest BCUT2D eigenvalue weighted by atomic mass is 10.1. The summed E-state index contributed by atoms with van der Waals surface area (Å²) in [7, 11) is -3.81. The number of benzene rings is 2. The third kappa shape index (κ3) is 3.68. The first kappa shape index (κ1) is 17.8. The molecule has 5 nitrogen and oxygen atoms in total. The van der Waals surface area contributed by atoms with Gasteiger partial charge in [0.05, 0.1) is 9.92 Å². The van der Waals surface area contributed by atoms with E-state index in [1.54, 1.807) is 23.1 Å². The summed E-state index contributed by atoms with van der Waals surface area (Å²) in [5.74, 6) is -0.701. The van der Waals surface area contributed by atoms with Gasteiger partial charge in [0.25, 0.3) is 0 Å². The molecule has 132 valence electrons. The van der Waals surface area contributed by atoms with Crippen molar-refractivity contribution in [2.24, 2.45) is 0 Å². The monoisotopic (exact) mass is 382 g/mol. The van der Waals surface area contributed by atoms with Gasteiger partial charge in [0, 0.05) is 32.1 Å². The van der Waals surface area contributed by atoms with Gasteiger partial charge in [-0.1, -0.05) is 29.8 Å². The van der Waals surface area contributed by atoms with Crippen LogP contribution in [0.2, 0.25) is 5.02 Å². The third-order valence-corrected chi connectivity index (χ3v) is 5.83. The highest BCUT2D eigenvalue weighted by atomic mass is 35.5. The van der Waals surface area contributed by atoms with Crippen molar-refractivity contribution in [2.45, 2.75) is 31.5 Å². The molecule has 0 aliphatic carbocycles. The van der Waals surface area contributed by atoms with Crippen LogP contribution >= 0.6 is 11.6 Å². The average Bonchev–Trinajstić information content (AvgIpc) is 3.00. The fourth-order valence-electron chi connectivity index (χ4n) is 2.70. The number of hydrogen-bond donors (Lipinski definition) is 1. The molecular weight excluding hydrogens is 367 g/mol. The van der Waals surface area contributed by atoms with Crippen LogP contribution in [0.4, 0.5) is 4.39 Å². The second-order valence-electron chi connectivity index (χ2n) is 5.84. The van der Waals surface area contributed by atoms with Crippen molar-refractivity contribution in [3.63, 3.8) is 0 Å². The van der Waals surface area contributed by atoms with Gasteiger partial charge in [0.2, 0.25) is 15.9 Å². The molecular formula is C17H16ClFN2O3S. The predicted molar refractivity (Wildman–Crippen MR) is 91.8 cm³/mol. The van der Waals surface area contributed by atoms with Crippen molar-refractivity contribution in [2.75, 3.05) is 0 Å². The van der Waals surface area contributed by atoms with Crippen molar-refractivity contribution in [1.82, 2.24) is 9.62 Å². The van der Waals surface area contributed by atoms with E-state index in [9.17, 15) is 17.6 Å². The molecule has 1 aliphatic rings. The zero-order valence-corrected chi connectivity index (χ0v) is 15.0. The molecule has 0 bridgehead atoms. The Labute approximate surface area is 150 Å². The fraction of sp³-hybridized carbons (Fsp3) is 0.235. The van der Waals surface area contributed by atoms with Crippen LogP contribution in [0.5, 0.6) is 0 Å². The Balaban J connectivity index is 1.79. The molecule has 2 aromatic rings. The molecule has 25 heavy (non-hydrogen) atoms. The molecule has 0 atom stereocenters. The molecule has 2 aromatic carbocycles. The number of carbonyl (C=O) groups is 1. The molecule has 1 aliphatic heterocycles. The molecule has 1 amide bonds. The van der Waals surface area contributed by atoms with Crippen LogP contribution in [0.1, 0.15) is 23.6 Å². The minimum absolute atomic E-state index is 0.0569. The van der Waals surface area contributed by atoms with Gasteiger partial charge < -0.3 is 4.90 Å². The molecule has 3 rings (SSSR count). The molecule has 0 saturated heterocycles. The Morgan fingerprint density at radius 2 is 1.96 bits per heavy atom. The molecule has 0 radical (unpaired) electrons. The minimum atomic E-state index is -3.81. The summed E-state index contributed by atoms with van der Waals surface area (Å²) in [5.41, 5.74) is 1.89. The highest BCUT2D eigenvalue weighted by Crippen LogP contribution is 2.26. The fourth-order valence-corrected chi connectivity index (χ4v) is 3.95. The van der Waals surface area contributed by atoms with Crippen molar-refractivity contribution in [3.8, 4) is 0 Å². The maximum absolute atomic E-state index is 13.9. The Morgan fingerprint density at radius 1 is 1.24 bits per heavy atom. The average molecular weight is 383 g/mol. The molecule has 8 heteroatoms. The summed E-state index contributed by atoms with van der Waals surface area (Å²) in [4.78, 5) is 13.2. The maximum atomic E-state index is 13.9. The molecule has 0 saturated carbocycles. The first-order valence-electron chi connectivity index (χ1n) is 7.58. The van der Waals surface area contributed by atoms with Crippen LogP contribution in [-0.2, 0) is 34.5 Å². The molecule has 1 heterocycles. The second kappa shape index (κ2) is 6.74. The lowest BCUT2D eigenvalue weighted by Gasteiger charge is -2.11. The van der Waals surface area contributed by atoms with Crippen LogP contribution in [-0.4, -0.2) is 19.2 Å². The van der Waals surface area contributed by atoms with E-state index in [4.69, 9.17) is 11.6 Å². The van der Waals surface area contributed by atoms with E-state index in [1.807, 2.05) is 0 Å². The first-order chi connectivity index (χ1) is 11.8. The van der Waals surface area contributed by atoms with Crippen molar-refractivity contribution < 1.29 is 17.6 Å². The van der Waals surface area contributed by atoms with Crippen LogP contribution in [0.15, 0.2) is 41.3 Å². The summed E-state index contributed by atoms with van der Waals surface area (Å²) in [5, 5.41) is -0.0569. The SMILES string of the molecule is CC(=O)N1Cc2ccc(S(=O)(=O)NCc3cccc(Cl)c3F)cc2C1. The molecule has 0 spiro atoms. The number of nitrogens with one attached hydrogen (secondary N) is 1. The lowest BCUT2D eigenvalue weighted by Crippen LogP contribution is -2.24. The molecule has 0 aromatic heterocycles. The number of nitrogens with zero attached hydrogens (tertiary/aromatic N) is 1. The van der Waals surface area contributed by atoms with Gasteiger partial charge >= 0.3 is 0 Å². The topological polar surface area (TPSA) is 66.5 Å². The van der Waals surface area contributed by atoms with Gasteiger partial charge in [0.1, 0.15) is 5.82 Å². The van der Waals surface area contributed by atoms with Gasteiger partial charge in [0.15, 0.2) is 0 Å². The van der Waals surface area contributed by atoms with E-state index >= 15 is 0 Å². The van der Waals surface area contributed by atoms with E-state index in [0.29, 0.717) is 13.1 Å². The Morgan fingerprint density at radius 3 is 2.68 bits per heavy atom. The van der Waals surface area contributed by atoms with Crippen LogP contribution in [0, 0.1) is 5.82 Å². The van der Waals surface area contributed by atoms with Crippen molar-refractivity contribution in [1.29, 1.82) is 0 Å². The van der Waals surface area contributed by atoms with Crippen LogP contribution in [0.25, 0.3) is 0 Å². The number of sulfonamides is 1. The lowest BCUT2D eigenvalue weighted by molar-refractivity contribution is -0.129. The van der Waals surface area contributed by atoms with Crippen LogP contribution < -0.4 is 4.72 Å².